The third kappa shape index (κ3) is 2.95. The highest BCUT2D eigenvalue weighted by Crippen LogP contribution is 2.16. The fraction of sp³-hybridized carbons (Fsp3) is 0.111. The molecule has 9 nitrogen and oxygen atoms in total. The molecule has 1 heterocycles. The van der Waals surface area contributed by atoms with E-state index in [9.17, 15) is 16.8 Å². The van der Waals surface area contributed by atoms with Crippen molar-refractivity contribution in [3.05, 3.63) is 30.6 Å². The lowest BCUT2D eigenvalue weighted by Crippen LogP contribution is -2.19. The molecule has 0 spiro atoms. The van der Waals surface area contributed by atoms with Crippen molar-refractivity contribution in [3.8, 4) is 0 Å². The van der Waals surface area contributed by atoms with Crippen LogP contribution in [0.3, 0.4) is 0 Å². The molecule has 0 saturated carbocycles. The van der Waals surface area contributed by atoms with Crippen molar-refractivity contribution in [1.82, 2.24) is 19.9 Å². The van der Waals surface area contributed by atoms with Gasteiger partial charge in [0.15, 0.2) is 0 Å². The summed E-state index contributed by atoms with van der Waals surface area (Å²) in [5, 5.41) is 5.86. The number of H-pyrrole nitrogens is 1. The first-order valence-electron chi connectivity index (χ1n) is 5.27. The third-order valence-electron chi connectivity index (χ3n) is 2.36. The lowest BCUT2D eigenvalue weighted by Gasteiger charge is -2.06. The molecule has 1 aromatic heterocycles. The number of nitrogens with one attached hydrogen (secondary N) is 3. The van der Waals surface area contributed by atoms with Crippen molar-refractivity contribution in [2.24, 2.45) is 0 Å². The average molecular weight is 317 g/mol. The molecule has 0 aliphatic rings. The summed E-state index contributed by atoms with van der Waals surface area (Å²) >= 11 is 0. The molecule has 0 atom stereocenters. The highest BCUT2D eigenvalue weighted by Gasteiger charge is 2.17. The van der Waals surface area contributed by atoms with Crippen molar-refractivity contribution in [1.29, 1.82) is 0 Å². The Labute approximate surface area is 115 Å². The number of nitrogens with zero attached hydrogens (tertiary/aromatic N) is 2. The van der Waals surface area contributed by atoms with Crippen LogP contribution in [0.4, 0.5) is 5.95 Å². The van der Waals surface area contributed by atoms with Gasteiger partial charge < -0.3 is 0 Å². The number of aromatic amines is 1. The topological polar surface area (TPSA) is 134 Å². The molecule has 0 bridgehead atoms. The zero-order chi connectivity index (χ0) is 14.8. The minimum absolute atomic E-state index is 0.0291. The van der Waals surface area contributed by atoms with E-state index in [1.165, 1.54) is 31.3 Å². The van der Waals surface area contributed by atoms with E-state index in [4.69, 9.17) is 0 Å². The van der Waals surface area contributed by atoms with Crippen LogP contribution in [0.25, 0.3) is 0 Å². The highest BCUT2D eigenvalue weighted by molar-refractivity contribution is 7.92. The van der Waals surface area contributed by atoms with Crippen LogP contribution in [0.2, 0.25) is 0 Å². The third-order valence-corrected chi connectivity index (χ3v) is 5.14. The van der Waals surface area contributed by atoms with Gasteiger partial charge in [0.25, 0.3) is 10.0 Å². The van der Waals surface area contributed by atoms with Gasteiger partial charge in [-0.2, -0.15) is 10.1 Å². The molecule has 1 aromatic carbocycles. The molecule has 0 radical (unpaired) electrons. The minimum Gasteiger partial charge on any atom is -0.248 e. The Hall–Kier alpha value is -1.98. The lowest BCUT2D eigenvalue weighted by molar-refractivity contribution is 0.587. The van der Waals surface area contributed by atoms with E-state index in [-0.39, 0.29) is 15.7 Å². The molecule has 2 aromatic rings. The Bertz CT molecular complexity index is 781. The molecule has 0 unspecified atom stereocenters. The second-order valence-electron chi connectivity index (χ2n) is 3.62. The first kappa shape index (κ1) is 14.4. The van der Waals surface area contributed by atoms with Gasteiger partial charge in [0.2, 0.25) is 16.0 Å². The molecular formula is C9H11N5O4S2. The number of hydrogen-bond acceptors (Lipinski definition) is 6. The van der Waals surface area contributed by atoms with Crippen LogP contribution in [-0.2, 0) is 20.0 Å². The smallest absolute Gasteiger partial charge is 0.248 e. The van der Waals surface area contributed by atoms with Gasteiger partial charge in [0, 0.05) is 0 Å². The molecule has 20 heavy (non-hydrogen) atoms. The summed E-state index contributed by atoms with van der Waals surface area (Å²) in [5.41, 5.74) is 0. The zero-order valence-electron chi connectivity index (χ0n) is 10.2. The van der Waals surface area contributed by atoms with Gasteiger partial charge in [-0.25, -0.2) is 31.4 Å². The predicted molar refractivity (Wildman–Crippen MR) is 69.9 cm³/mol. The second kappa shape index (κ2) is 5.19. The monoisotopic (exact) mass is 317 g/mol. The summed E-state index contributed by atoms with van der Waals surface area (Å²) in [4.78, 5) is 3.51. The van der Waals surface area contributed by atoms with Gasteiger partial charge in [0.1, 0.15) is 6.33 Å². The van der Waals surface area contributed by atoms with Crippen LogP contribution >= 0.6 is 0 Å². The van der Waals surface area contributed by atoms with Crippen molar-refractivity contribution < 1.29 is 16.8 Å². The van der Waals surface area contributed by atoms with E-state index in [0.29, 0.717) is 0 Å². The molecule has 0 amide bonds. The second-order valence-corrected chi connectivity index (χ2v) is 7.19. The zero-order valence-corrected chi connectivity index (χ0v) is 11.9. The van der Waals surface area contributed by atoms with Crippen molar-refractivity contribution in [2.45, 2.75) is 9.79 Å². The lowest BCUT2D eigenvalue weighted by atomic mass is 10.4. The van der Waals surface area contributed by atoms with E-state index in [0.717, 1.165) is 6.33 Å². The summed E-state index contributed by atoms with van der Waals surface area (Å²) in [7, 11) is -6.19. The Balaban J connectivity index is 2.30. The molecule has 0 aliphatic carbocycles. The van der Waals surface area contributed by atoms with Crippen molar-refractivity contribution >= 4 is 26.0 Å². The maximum Gasteiger partial charge on any atom is 0.264 e. The fourth-order valence-corrected chi connectivity index (χ4v) is 3.05. The van der Waals surface area contributed by atoms with E-state index in [1.54, 1.807) is 0 Å². The van der Waals surface area contributed by atoms with Crippen molar-refractivity contribution in [3.63, 3.8) is 0 Å². The Morgan fingerprint density at radius 3 is 2.00 bits per heavy atom. The van der Waals surface area contributed by atoms with Crippen LogP contribution in [0.15, 0.2) is 40.4 Å². The Kier molecular flexibility index (Phi) is 3.74. The van der Waals surface area contributed by atoms with E-state index < -0.39 is 20.0 Å². The summed E-state index contributed by atoms with van der Waals surface area (Å²) in [6.07, 6.45) is 1.15. The van der Waals surface area contributed by atoms with Crippen LogP contribution < -0.4 is 9.44 Å². The van der Waals surface area contributed by atoms with Gasteiger partial charge in [-0.05, 0) is 31.3 Å². The van der Waals surface area contributed by atoms with Gasteiger partial charge in [-0.15, -0.1) is 0 Å². The molecule has 3 N–H and O–H groups in total. The van der Waals surface area contributed by atoms with Gasteiger partial charge in [-0.3, -0.25) is 0 Å². The normalized spacial score (nSPS) is 12.2. The summed E-state index contributed by atoms with van der Waals surface area (Å²) < 4.78 is 51.3. The van der Waals surface area contributed by atoms with Crippen LogP contribution in [0.5, 0.6) is 0 Å². The number of rotatable bonds is 5. The van der Waals surface area contributed by atoms with E-state index >= 15 is 0 Å². The average Bonchev–Trinajstić information content (AvgIpc) is 2.91. The van der Waals surface area contributed by atoms with E-state index in [1.807, 2.05) is 0 Å². The number of anilines is 1. The Morgan fingerprint density at radius 2 is 1.55 bits per heavy atom. The fourth-order valence-electron chi connectivity index (χ4n) is 1.36. The molecule has 2 rings (SSSR count). The molecule has 0 fully saturated rings. The molecular weight excluding hydrogens is 306 g/mol. The standard InChI is InChI=1S/C9H11N5O4S2/c1-10-19(15,16)7-2-4-8(5-3-7)20(17,18)14-9-11-6-12-13-9/h2-6,10H,1H3,(H2,11,12,13,14). The SMILES string of the molecule is CNS(=O)(=O)c1ccc(S(=O)(=O)Nc2ncn[nH]2)cc1. The predicted octanol–water partition coefficient (Wildman–Crippen LogP) is -0.486. The molecule has 0 saturated heterocycles. The minimum atomic E-state index is -3.85. The summed E-state index contributed by atoms with van der Waals surface area (Å²) in [6.45, 7) is 0. The first-order chi connectivity index (χ1) is 9.35. The molecule has 11 heteroatoms. The van der Waals surface area contributed by atoms with Crippen molar-refractivity contribution in [2.75, 3.05) is 11.8 Å². The summed E-state index contributed by atoms with van der Waals surface area (Å²) in [6, 6.07) is 4.76. The van der Waals surface area contributed by atoms with Crippen LogP contribution in [0, 0.1) is 0 Å². The number of hydrogen-bond donors (Lipinski definition) is 3. The van der Waals surface area contributed by atoms with Gasteiger partial charge in [0.05, 0.1) is 9.79 Å². The first-order valence-corrected chi connectivity index (χ1v) is 8.23. The number of aromatic nitrogens is 3. The maximum absolute atomic E-state index is 12.0. The highest BCUT2D eigenvalue weighted by atomic mass is 32.2. The number of sulfonamides is 2. The Morgan fingerprint density at radius 1 is 1.00 bits per heavy atom. The quantitative estimate of drug-likeness (QED) is 0.681. The summed E-state index contributed by atoms with van der Waals surface area (Å²) in [5.74, 6) is -0.0306. The molecule has 108 valence electrons. The van der Waals surface area contributed by atoms with Gasteiger partial charge in [-0.1, -0.05) is 0 Å². The maximum atomic E-state index is 12.0. The van der Waals surface area contributed by atoms with E-state index in [2.05, 4.69) is 24.6 Å². The van der Waals surface area contributed by atoms with Gasteiger partial charge >= 0.3 is 0 Å². The molecule has 0 aliphatic heterocycles. The number of benzene rings is 1. The largest absolute Gasteiger partial charge is 0.264 e. The van der Waals surface area contributed by atoms with Crippen LogP contribution in [0.1, 0.15) is 0 Å². The van der Waals surface area contributed by atoms with Crippen LogP contribution in [-0.4, -0.2) is 39.1 Å².